The van der Waals surface area contributed by atoms with Crippen molar-refractivity contribution < 1.29 is 4.79 Å². The molecule has 1 atom stereocenters. The number of fused-ring (bicyclic) bond motifs is 1. The molecular formula is C17H22N8O. The van der Waals surface area contributed by atoms with Gasteiger partial charge < -0.3 is 20.5 Å². The largest absolute Gasteiger partial charge is 0.360 e. The van der Waals surface area contributed by atoms with Crippen molar-refractivity contribution in [2.24, 2.45) is 7.05 Å². The highest BCUT2D eigenvalue weighted by Crippen LogP contribution is 2.24. The number of aromatic amines is 1. The Kier molecular flexibility index (Phi) is 4.42. The van der Waals surface area contributed by atoms with E-state index in [-0.39, 0.29) is 18.5 Å². The fourth-order valence-corrected chi connectivity index (χ4v) is 3.36. The summed E-state index contributed by atoms with van der Waals surface area (Å²) in [6, 6.07) is 3.93. The first kappa shape index (κ1) is 16.4. The van der Waals surface area contributed by atoms with Crippen molar-refractivity contribution in [1.29, 1.82) is 0 Å². The molecule has 3 aromatic heterocycles. The van der Waals surface area contributed by atoms with Crippen molar-refractivity contribution in [2.45, 2.75) is 18.9 Å². The highest BCUT2D eigenvalue weighted by molar-refractivity contribution is 5.87. The summed E-state index contributed by atoms with van der Waals surface area (Å²) in [7, 11) is 1.84. The van der Waals surface area contributed by atoms with Crippen molar-refractivity contribution in [3.63, 3.8) is 0 Å². The summed E-state index contributed by atoms with van der Waals surface area (Å²) in [5.41, 5.74) is 0.834. The van der Waals surface area contributed by atoms with Crippen LogP contribution in [0.5, 0.6) is 0 Å². The van der Waals surface area contributed by atoms with E-state index in [1.807, 2.05) is 31.6 Å². The average Bonchev–Trinajstić information content (AvgIpc) is 3.28. The van der Waals surface area contributed by atoms with Crippen LogP contribution < -0.4 is 15.5 Å². The van der Waals surface area contributed by atoms with E-state index < -0.39 is 0 Å². The van der Waals surface area contributed by atoms with Gasteiger partial charge >= 0.3 is 0 Å². The van der Waals surface area contributed by atoms with Crippen LogP contribution in [0.1, 0.15) is 12.8 Å². The summed E-state index contributed by atoms with van der Waals surface area (Å²) in [5, 5.41) is 11.4. The number of hydrogen-bond donors (Lipinski definition) is 3. The number of amides is 1. The number of carbonyl (C=O) groups excluding carboxylic acids is 1. The number of aromatic nitrogens is 5. The Morgan fingerprint density at radius 1 is 1.38 bits per heavy atom. The monoisotopic (exact) mass is 354 g/mol. The first-order valence-electron chi connectivity index (χ1n) is 8.75. The van der Waals surface area contributed by atoms with Gasteiger partial charge in [0.05, 0.1) is 11.9 Å². The number of anilines is 2. The van der Waals surface area contributed by atoms with E-state index in [0.29, 0.717) is 5.82 Å². The number of nitrogens with one attached hydrogen (secondary N) is 3. The molecule has 1 amide bonds. The smallest absolute Gasteiger partial charge is 0.239 e. The second-order valence-electron chi connectivity index (χ2n) is 6.52. The SMILES string of the molecule is Cn1ccc(NCC(=O)N[C@H]2CCCN(c3ncnc4[nH]ccc34)C2)n1. The lowest BCUT2D eigenvalue weighted by Gasteiger charge is -2.34. The summed E-state index contributed by atoms with van der Waals surface area (Å²) >= 11 is 0. The van der Waals surface area contributed by atoms with Crippen LogP contribution in [0.3, 0.4) is 0 Å². The van der Waals surface area contributed by atoms with E-state index in [4.69, 9.17) is 0 Å². The molecule has 9 heteroatoms. The molecule has 0 bridgehead atoms. The molecule has 1 aliphatic heterocycles. The molecule has 0 spiro atoms. The molecule has 0 aliphatic carbocycles. The Labute approximate surface area is 150 Å². The van der Waals surface area contributed by atoms with Gasteiger partial charge in [0.15, 0.2) is 0 Å². The van der Waals surface area contributed by atoms with Gasteiger partial charge in [0.2, 0.25) is 5.91 Å². The van der Waals surface area contributed by atoms with Crippen LogP contribution >= 0.6 is 0 Å². The van der Waals surface area contributed by atoms with Gasteiger partial charge in [0.1, 0.15) is 23.6 Å². The second-order valence-corrected chi connectivity index (χ2v) is 6.52. The maximum absolute atomic E-state index is 12.2. The molecule has 26 heavy (non-hydrogen) atoms. The molecule has 1 saturated heterocycles. The quantitative estimate of drug-likeness (QED) is 0.629. The van der Waals surface area contributed by atoms with Crippen molar-refractivity contribution >= 4 is 28.6 Å². The molecule has 3 aromatic rings. The number of aryl methyl sites for hydroxylation is 1. The molecule has 1 fully saturated rings. The lowest BCUT2D eigenvalue weighted by Crippen LogP contribution is -2.49. The zero-order valence-corrected chi connectivity index (χ0v) is 14.6. The van der Waals surface area contributed by atoms with Crippen LogP contribution in [0.2, 0.25) is 0 Å². The van der Waals surface area contributed by atoms with E-state index in [2.05, 4.69) is 35.6 Å². The van der Waals surface area contributed by atoms with Gasteiger partial charge in [0.25, 0.3) is 0 Å². The number of H-pyrrole nitrogens is 1. The summed E-state index contributed by atoms with van der Waals surface area (Å²) in [4.78, 5) is 26.3. The van der Waals surface area contributed by atoms with Gasteiger partial charge in [-0.3, -0.25) is 9.48 Å². The van der Waals surface area contributed by atoms with Crippen molar-refractivity contribution in [2.75, 3.05) is 29.9 Å². The first-order chi connectivity index (χ1) is 12.7. The lowest BCUT2D eigenvalue weighted by molar-refractivity contribution is -0.120. The highest BCUT2D eigenvalue weighted by atomic mass is 16.2. The lowest BCUT2D eigenvalue weighted by atomic mass is 10.1. The number of hydrogen-bond acceptors (Lipinski definition) is 6. The van der Waals surface area contributed by atoms with E-state index >= 15 is 0 Å². The molecule has 9 nitrogen and oxygen atoms in total. The molecule has 1 aliphatic rings. The molecule has 0 radical (unpaired) electrons. The third-order valence-corrected chi connectivity index (χ3v) is 4.56. The Balaban J connectivity index is 1.36. The van der Waals surface area contributed by atoms with Gasteiger partial charge in [-0.15, -0.1) is 0 Å². The van der Waals surface area contributed by atoms with E-state index in [9.17, 15) is 4.79 Å². The predicted octanol–water partition coefficient (Wildman–Crippen LogP) is 0.888. The van der Waals surface area contributed by atoms with Crippen molar-refractivity contribution in [1.82, 2.24) is 30.0 Å². The van der Waals surface area contributed by atoms with Crippen LogP contribution in [-0.4, -0.2) is 56.3 Å². The molecule has 4 rings (SSSR count). The minimum absolute atomic E-state index is 0.0306. The number of rotatable bonds is 5. The number of piperidine rings is 1. The standard InChI is InChI=1S/C17H22N8O/c1-24-8-5-14(23-24)19-9-15(26)22-12-3-2-7-25(10-12)17-13-4-6-18-16(13)20-11-21-17/h4-6,8,11-12H,2-3,7,9-10H2,1H3,(H,19,23)(H,22,26)(H,18,20,21)/t12-/m0/s1. The molecule has 136 valence electrons. The zero-order valence-electron chi connectivity index (χ0n) is 14.6. The van der Waals surface area contributed by atoms with Crippen LogP contribution in [-0.2, 0) is 11.8 Å². The average molecular weight is 354 g/mol. The summed E-state index contributed by atoms with van der Waals surface area (Å²) in [6.45, 7) is 1.88. The second kappa shape index (κ2) is 7.03. The number of nitrogens with zero attached hydrogens (tertiary/aromatic N) is 5. The maximum atomic E-state index is 12.2. The topological polar surface area (TPSA) is 104 Å². The summed E-state index contributed by atoms with van der Waals surface area (Å²) in [5.74, 6) is 1.59. The molecule has 4 heterocycles. The van der Waals surface area contributed by atoms with Crippen molar-refractivity contribution in [3.8, 4) is 0 Å². The van der Waals surface area contributed by atoms with E-state index in [0.717, 1.165) is 42.8 Å². The first-order valence-corrected chi connectivity index (χ1v) is 8.75. The van der Waals surface area contributed by atoms with Gasteiger partial charge in [-0.05, 0) is 18.9 Å². The highest BCUT2D eigenvalue weighted by Gasteiger charge is 2.23. The molecule has 0 saturated carbocycles. The Hall–Kier alpha value is -3.10. The number of carbonyl (C=O) groups is 1. The van der Waals surface area contributed by atoms with Crippen LogP contribution in [0.15, 0.2) is 30.9 Å². The van der Waals surface area contributed by atoms with Crippen LogP contribution in [0, 0.1) is 0 Å². The summed E-state index contributed by atoms with van der Waals surface area (Å²) < 4.78 is 1.70. The van der Waals surface area contributed by atoms with Crippen LogP contribution in [0.4, 0.5) is 11.6 Å². The Bertz CT molecular complexity index is 901. The van der Waals surface area contributed by atoms with Gasteiger partial charge in [-0.1, -0.05) is 0 Å². The molecule has 3 N–H and O–H groups in total. The van der Waals surface area contributed by atoms with Crippen molar-refractivity contribution in [3.05, 3.63) is 30.9 Å². The molecular weight excluding hydrogens is 332 g/mol. The van der Waals surface area contributed by atoms with Gasteiger partial charge in [0, 0.05) is 44.6 Å². The predicted molar refractivity (Wildman–Crippen MR) is 99.0 cm³/mol. The minimum Gasteiger partial charge on any atom is -0.360 e. The Morgan fingerprint density at radius 2 is 2.31 bits per heavy atom. The van der Waals surface area contributed by atoms with E-state index in [1.165, 1.54) is 0 Å². The molecule has 0 unspecified atom stereocenters. The van der Waals surface area contributed by atoms with Gasteiger partial charge in [-0.25, -0.2) is 9.97 Å². The summed E-state index contributed by atoms with van der Waals surface area (Å²) in [6.07, 6.45) is 7.26. The van der Waals surface area contributed by atoms with E-state index in [1.54, 1.807) is 11.0 Å². The zero-order chi connectivity index (χ0) is 17.9. The molecule has 0 aromatic carbocycles. The minimum atomic E-state index is -0.0306. The third kappa shape index (κ3) is 3.46. The Morgan fingerprint density at radius 3 is 3.15 bits per heavy atom. The normalized spacial score (nSPS) is 17.4. The maximum Gasteiger partial charge on any atom is 0.239 e. The fraction of sp³-hybridized carbons (Fsp3) is 0.412. The van der Waals surface area contributed by atoms with Crippen LogP contribution in [0.25, 0.3) is 11.0 Å². The fourth-order valence-electron chi connectivity index (χ4n) is 3.36. The third-order valence-electron chi connectivity index (χ3n) is 4.56. The van der Waals surface area contributed by atoms with Gasteiger partial charge in [-0.2, -0.15) is 5.10 Å².